The second-order valence-electron chi connectivity index (χ2n) is 5.17. The molecule has 1 aliphatic rings. The molecule has 2 aromatic rings. The Morgan fingerprint density at radius 2 is 2.24 bits per heavy atom. The summed E-state index contributed by atoms with van der Waals surface area (Å²) in [6, 6.07) is 7.86. The molecule has 2 heterocycles. The Morgan fingerprint density at radius 3 is 3.00 bits per heavy atom. The number of rotatable bonds is 3. The second-order valence-corrected chi connectivity index (χ2v) is 5.17. The molecular weight excluding hydrogens is 268 g/mol. The van der Waals surface area contributed by atoms with Gasteiger partial charge in [0.25, 0.3) is 0 Å². The lowest BCUT2D eigenvalue weighted by atomic mass is 9.96. The summed E-state index contributed by atoms with van der Waals surface area (Å²) in [4.78, 5) is 16.2. The van der Waals surface area contributed by atoms with E-state index in [9.17, 15) is 4.79 Å². The highest BCUT2D eigenvalue weighted by molar-refractivity contribution is 5.73. The Hall–Kier alpha value is -2.30. The van der Waals surface area contributed by atoms with Gasteiger partial charge in [-0.3, -0.25) is 4.79 Å². The molecule has 0 saturated carbocycles. The molecule has 0 N–H and O–H groups in total. The Morgan fingerprint density at radius 1 is 1.38 bits per heavy atom. The van der Waals surface area contributed by atoms with Crippen LogP contribution in [0.5, 0.6) is 5.75 Å². The number of carbonyl (C=O) groups excluding carboxylic acids is 1. The minimum absolute atomic E-state index is 0.0580. The van der Waals surface area contributed by atoms with E-state index in [0.29, 0.717) is 6.42 Å². The van der Waals surface area contributed by atoms with Crippen molar-refractivity contribution < 1.29 is 14.3 Å². The number of aromatic nitrogens is 2. The first-order valence-electron chi connectivity index (χ1n) is 6.99. The molecule has 0 spiro atoms. The summed E-state index contributed by atoms with van der Waals surface area (Å²) in [5.74, 6) is 1.54. The molecule has 1 aromatic carbocycles. The maximum Gasteiger partial charge on any atom is 0.309 e. The molecule has 5 heteroatoms. The number of carbonyl (C=O) groups is 1. The van der Waals surface area contributed by atoms with Gasteiger partial charge in [-0.1, -0.05) is 12.1 Å². The smallest absolute Gasteiger partial charge is 0.309 e. The zero-order valence-corrected chi connectivity index (χ0v) is 12.2. The standard InChI is InChI=1S/C16H18N2O3/c1-20-14-5-3-4-11(9-14)15-17-10-13-8-12(16(19)21-2)6-7-18(13)15/h3-5,9-10,12H,6-8H2,1-2H3. The molecular formula is C16H18N2O3. The number of methoxy groups -OCH3 is 2. The third-order valence-corrected chi connectivity index (χ3v) is 3.96. The third-order valence-electron chi connectivity index (χ3n) is 3.96. The largest absolute Gasteiger partial charge is 0.497 e. The SMILES string of the molecule is COC(=O)C1CCn2c(cnc2-c2cccc(OC)c2)C1. The van der Waals surface area contributed by atoms with Gasteiger partial charge in [0.05, 0.1) is 20.1 Å². The molecule has 0 saturated heterocycles. The molecule has 0 amide bonds. The number of imidazole rings is 1. The summed E-state index contributed by atoms with van der Waals surface area (Å²) >= 11 is 0. The van der Waals surface area contributed by atoms with Crippen molar-refractivity contribution in [1.29, 1.82) is 0 Å². The lowest BCUT2D eigenvalue weighted by Gasteiger charge is -2.23. The van der Waals surface area contributed by atoms with Gasteiger partial charge in [-0.15, -0.1) is 0 Å². The first kappa shape index (κ1) is 13.7. The van der Waals surface area contributed by atoms with Crippen molar-refractivity contribution in [2.45, 2.75) is 19.4 Å². The Kier molecular flexibility index (Phi) is 3.64. The van der Waals surface area contributed by atoms with Crippen molar-refractivity contribution in [3.05, 3.63) is 36.2 Å². The van der Waals surface area contributed by atoms with Gasteiger partial charge < -0.3 is 14.0 Å². The average molecular weight is 286 g/mol. The summed E-state index contributed by atoms with van der Waals surface area (Å²) in [6.45, 7) is 0.779. The van der Waals surface area contributed by atoms with Crippen molar-refractivity contribution in [3.63, 3.8) is 0 Å². The van der Waals surface area contributed by atoms with E-state index in [1.54, 1.807) is 7.11 Å². The van der Waals surface area contributed by atoms with Crippen molar-refractivity contribution in [2.75, 3.05) is 14.2 Å². The molecule has 21 heavy (non-hydrogen) atoms. The normalized spacial score (nSPS) is 17.1. The molecule has 1 aromatic heterocycles. The van der Waals surface area contributed by atoms with Crippen LogP contribution in [0.2, 0.25) is 0 Å². The average Bonchev–Trinajstić information content (AvgIpc) is 2.97. The van der Waals surface area contributed by atoms with Crippen molar-refractivity contribution in [1.82, 2.24) is 9.55 Å². The first-order valence-corrected chi connectivity index (χ1v) is 6.99. The van der Waals surface area contributed by atoms with Crippen molar-refractivity contribution in [2.24, 2.45) is 5.92 Å². The van der Waals surface area contributed by atoms with Gasteiger partial charge in [-0.05, 0) is 18.6 Å². The molecule has 1 atom stereocenters. The predicted molar refractivity (Wildman–Crippen MR) is 78.0 cm³/mol. The van der Waals surface area contributed by atoms with E-state index in [0.717, 1.165) is 35.8 Å². The predicted octanol–water partition coefficient (Wildman–Crippen LogP) is 2.29. The van der Waals surface area contributed by atoms with Crippen LogP contribution in [-0.4, -0.2) is 29.7 Å². The molecule has 1 aliphatic heterocycles. The van der Waals surface area contributed by atoms with Crippen LogP contribution in [0.15, 0.2) is 30.5 Å². The summed E-state index contributed by atoms with van der Waals surface area (Å²) in [5.41, 5.74) is 2.10. The number of hydrogen-bond donors (Lipinski definition) is 0. The van der Waals surface area contributed by atoms with E-state index >= 15 is 0 Å². The molecule has 0 radical (unpaired) electrons. The van der Waals surface area contributed by atoms with Gasteiger partial charge in [-0.25, -0.2) is 4.98 Å². The van der Waals surface area contributed by atoms with Gasteiger partial charge in [-0.2, -0.15) is 0 Å². The summed E-state index contributed by atoms with van der Waals surface area (Å²) < 4.78 is 12.3. The number of nitrogens with zero attached hydrogens (tertiary/aromatic N) is 2. The highest BCUT2D eigenvalue weighted by atomic mass is 16.5. The quantitative estimate of drug-likeness (QED) is 0.812. The minimum Gasteiger partial charge on any atom is -0.497 e. The first-order chi connectivity index (χ1) is 10.2. The van der Waals surface area contributed by atoms with Crippen LogP contribution in [-0.2, 0) is 22.5 Å². The maximum atomic E-state index is 11.7. The van der Waals surface area contributed by atoms with E-state index in [2.05, 4.69) is 9.55 Å². The Labute approximate surface area is 123 Å². The topological polar surface area (TPSA) is 53.4 Å². The van der Waals surface area contributed by atoms with Crippen LogP contribution in [0.1, 0.15) is 12.1 Å². The van der Waals surface area contributed by atoms with Gasteiger partial charge >= 0.3 is 5.97 Å². The highest BCUT2D eigenvalue weighted by Crippen LogP contribution is 2.29. The Bertz CT molecular complexity index is 663. The minimum atomic E-state index is -0.134. The van der Waals surface area contributed by atoms with Crippen LogP contribution < -0.4 is 4.74 Å². The number of hydrogen-bond acceptors (Lipinski definition) is 4. The number of esters is 1. The molecule has 5 nitrogen and oxygen atoms in total. The van der Waals surface area contributed by atoms with Crippen molar-refractivity contribution >= 4 is 5.97 Å². The highest BCUT2D eigenvalue weighted by Gasteiger charge is 2.27. The van der Waals surface area contributed by atoms with Gasteiger partial charge in [0.2, 0.25) is 0 Å². The van der Waals surface area contributed by atoms with E-state index in [1.807, 2.05) is 30.5 Å². The van der Waals surface area contributed by atoms with Crippen molar-refractivity contribution in [3.8, 4) is 17.1 Å². The van der Waals surface area contributed by atoms with Gasteiger partial charge in [0, 0.05) is 30.4 Å². The lowest BCUT2D eigenvalue weighted by Crippen LogP contribution is -2.26. The second kappa shape index (κ2) is 5.60. The molecule has 1 unspecified atom stereocenters. The molecule has 0 aliphatic carbocycles. The fourth-order valence-corrected chi connectivity index (χ4v) is 2.82. The monoisotopic (exact) mass is 286 g/mol. The van der Waals surface area contributed by atoms with E-state index in [4.69, 9.17) is 9.47 Å². The zero-order chi connectivity index (χ0) is 14.8. The van der Waals surface area contributed by atoms with E-state index < -0.39 is 0 Å². The van der Waals surface area contributed by atoms with Crippen LogP contribution in [0, 0.1) is 5.92 Å². The van der Waals surface area contributed by atoms with Crippen LogP contribution in [0.3, 0.4) is 0 Å². The summed E-state index contributed by atoms with van der Waals surface area (Å²) in [6.07, 6.45) is 3.32. The lowest BCUT2D eigenvalue weighted by molar-refractivity contribution is -0.146. The van der Waals surface area contributed by atoms with Crippen LogP contribution in [0.25, 0.3) is 11.4 Å². The molecule has 0 fully saturated rings. The van der Waals surface area contributed by atoms with Crippen LogP contribution in [0.4, 0.5) is 0 Å². The molecule has 3 rings (SSSR count). The Balaban J connectivity index is 1.91. The number of ether oxygens (including phenoxy) is 2. The molecule has 110 valence electrons. The molecule has 0 bridgehead atoms. The third kappa shape index (κ3) is 2.51. The van der Waals surface area contributed by atoms with Gasteiger partial charge in [0.1, 0.15) is 11.6 Å². The van der Waals surface area contributed by atoms with Crippen LogP contribution >= 0.6 is 0 Å². The van der Waals surface area contributed by atoms with E-state index in [1.165, 1.54) is 7.11 Å². The van der Waals surface area contributed by atoms with Gasteiger partial charge in [0.15, 0.2) is 0 Å². The number of benzene rings is 1. The zero-order valence-electron chi connectivity index (χ0n) is 12.2. The van der Waals surface area contributed by atoms with E-state index in [-0.39, 0.29) is 11.9 Å². The maximum absolute atomic E-state index is 11.7. The summed E-state index contributed by atoms with van der Waals surface area (Å²) in [5, 5.41) is 0. The fraction of sp³-hybridized carbons (Fsp3) is 0.375. The number of fused-ring (bicyclic) bond motifs is 1. The fourth-order valence-electron chi connectivity index (χ4n) is 2.82. The summed E-state index contributed by atoms with van der Waals surface area (Å²) in [7, 11) is 3.09.